The maximum Gasteiger partial charge on any atom is 0.355 e. The van der Waals surface area contributed by atoms with E-state index in [1.807, 2.05) is 0 Å². The Morgan fingerprint density at radius 3 is 2.04 bits per heavy atom. The number of esters is 4. The second kappa shape index (κ2) is 6.11. The Bertz CT molecular complexity index is 702. The predicted molar refractivity (Wildman–Crippen MR) is 73.4 cm³/mol. The number of rotatable bonds is 3. The van der Waals surface area contributed by atoms with Gasteiger partial charge in [-0.05, 0) is 6.92 Å². The molecule has 9 heteroatoms. The number of carbonyl (C=O) groups is 4. The summed E-state index contributed by atoms with van der Waals surface area (Å²) in [7, 11) is 3.29. The molecule has 0 saturated carbocycles. The van der Waals surface area contributed by atoms with Gasteiger partial charge in [0.05, 0.1) is 27.4 Å². The highest BCUT2D eigenvalue weighted by Gasteiger charge is 2.42. The van der Waals surface area contributed by atoms with Crippen molar-refractivity contribution in [3.05, 3.63) is 22.5 Å². The Kier molecular flexibility index (Phi) is 4.39. The Hall–Kier alpha value is -2.84. The number of aromatic nitrogens is 1. The molecule has 1 aromatic heterocycles. The lowest BCUT2D eigenvalue weighted by molar-refractivity contribution is 0.0345. The van der Waals surface area contributed by atoms with E-state index in [-0.39, 0.29) is 29.1 Å². The van der Waals surface area contributed by atoms with Crippen molar-refractivity contribution >= 4 is 23.9 Å². The molecule has 1 aliphatic rings. The summed E-state index contributed by atoms with van der Waals surface area (Å²) in [5.41, 5.74) is -1.25. The van der Waals surface area contributed by atoms with Crippen LogP contribution in [0.4, 0.5) is 0 Å². The molecule has 2 rings (SSSR count). The zero-order valence-electron chi connectivity index (χ0n) is 13.0. The third-order valence-electron chi connectivity index (χ3n) is 3.45. The number of hydrogen-bond acceptors (Lipinski definition) is 8. The number of cyclic esters (lactones) is 1. The van der Waals surface area contributed by atoms with Gasteiger partial charge in [-0.2, -0.15) is 0 Å². The average Bonchev–Trinajstić information content (AvgIpc) is 2.93. The van der Waals surface area contributed by atoms with Crippen molar-refractivity contribution in [1.29, 1.82) is 0 Å². The zero-order valence-corrected chi connectivity index (χ0v) is 13.0. The van der Waals surface area contributed by atoms with Gasteiger partial charge in [-0.15, -0.1) is 0 Å². The average molecular weight is 325 g/mol. The molecule has 1 atom stereocenters. The van der Waals surface area contributed by atoms with Gasteiger partial charge >= 0.3 is 23.9 Å². The van der Waals surface area contributed by atoms with Crippen LogP contribution in [0.15, 0.2) is 0 Å². The van der Waals surface area contributed by atoms with Crippen LogP contribution in [0.2, 0.25) is 0 Å². The van der Waals surface area contributed by atoms with E-state index in [9.17, 15) is 19.2 Å². The molecule has 124 valence electrons. The highest BCUT2D eigenvalue weighted by Crippen LogP contribution is 2.32. The summed E-state index contributed by atoms with van der Waals surface area (Å²) in [6.07, 6.45) is 0. The smallest absolute Gasteiger partial charge is 0.355 e. The van der Waals surface area contributed by atoms with Gasteiger partial charge in [-0.1, -0.05) is 0 Å². The fourth-order valence-corrected chi connectivity index (χ4v) is 2.47. The lowest BCUT2D eigenvalue weighted by atomic mass is 10.1. The molecule has 0 radical (unpaired) electrons. The van der Waals surface area contributed by atoms with Crippen molar-refractivity contribution in [2.75, 3.05) is 27.9 Å². The van der Waals surface area contributed by atoms with E-state index in [1.54, 1.807) is 6.92 Å². The van der Waals surface area contributed by atoms with Crippen LogP contribution in [0, 0.1) is 0 Å². The molecular weight excluding hydrogens is 310 g/mol. The standard InChI is InChI=1S/C14H15NO8/c1-6-5-23-14(19)10-8(12(17)21-3)7(11(16)20-2)9(15(6)10)13(18)22-4/h6H,5H2,1-4H3/t6-/m1/s1. The SMILES string of the molecule is COC(=O)c1c(C(=O)OC)c2n(c1C(=O)OC)[C@H](C)COC2=O. The Morgan fingerprint density at radius 2 is 1.52 bits per heavy atom. The molecule has 2 heterocycles. The van der Waals surface area contributed by atoms with Crippen molar-refractivity contribution < 1.29 is 38.1 Å². The van der Waals surface area contributed by atoms with Crippen LogP contribution < -0.4 is 0 Å². The van der Waals surface area contributed by atoms with Crippen molar-refractivity contribution in [1.82, 2.24) is 4.57 Å². The first-order valence-electron chi connectivity index (χ1n) is 6.59. The molecule has 0 unspecified atom stereocenters. The van der Waals surface area contributed by atoms with Crippen LogP contribution in [0.3, 0.4) is 0 Å². The van der Waals surface area contributed by atoms with Crippen LogP contribution in [0.25, 0.3) is 0 Å². The van der Waals surface area contributed by atoms with Gasteiger partial charge in [0.2, 0.25) is 0 Å². The van der Waals surface area contributed by atoms with Crippen molar-refractivity contribution in [2.45, 2.75) is 13.0 Å². The van der Waals surface area contributed by atoms with Crippen LogP contribution in [0.5, 0.6) is 0 Å². The second-order valence-corrected chi connectivity index (χ2v) is 4.74. The summed E-state index contributed by atoms with van der Waals surface area (Å²) in [5, 5.41) is 0. The van der Waals surface area contributed by atoms with E-state index >= 15 is 0 Å². The minimum atomic E-state index is -0.965. The lowest BCUT2D eigenvalue weighted by Crippen LogP contribution is -2.30. The molecule has 0 saturated heterocycles. The maximum absolute atomic E-state index is 12.1. The van der Waals surface area contributed by atoms with Gasteiger partial charge in [-0.3, -0.25) is 0 Å². The summed E-state index contributed by atoms with van der Waals surface area (Å²) < 4.78 is 20.2. The highest BCUT2D eigenvalue weighted by atomic mass is 16.5. The minimum Gasteiger partial charge on any atom is -0.465 e. The Balaban J connectivity index is 2.94. The fourth-order valence-electron chi connectivity index (χ4n) is 2.47. The number of fused-ring (bicyclic) bond motifs is 1. The van der Waals surface area contributed by atoms with Gasteiger partial charge < -0.3 is 23.5 Å². The number of nitrogens with zero attached hydrogens (tertiary/aromatic N) is 1. The van der Waals surface area contributed by atoms with E-state index in [2.05, 4.69) is 14.2 Å². The summed E-state index contributed by atoms with van der Waals surface area (Å²) in [6.45, 7) is 1.64. The van der Waals surface area contributed by atoms with E-state index in [4.69, 9.17) is 4.74 Å². The van der Waals surface area contributed by atoms with E-state index in [1.165, 1.54) is 4.57 Å². The van der Waals surface area contributed by atoms with E-state index in [0.29, 0.717) is 0 Å². The largest absolute Gasteiger partial charge is 0.465 e. The second-order valence-electron chi connectivity index (χ2n) is 4.74. The fraction of sp³-hybridized carbons (Fsp3) is 0.429. The van der Waals surface area contributed by atoms with Crippen LogP contribution in [-0.2, 0) is 18.9 Å². The first-order chi connectivity index (χ1) is 10.9. The van der Waals surface area contributed by atoms with Gasteiger partial charge in [0.25, 0.3) is 0 Å². The topological polar surface area (TPSA) is 110 Å². The number of ether oxygens (including phenoxy) is 4. The summed E-state index contributed by atoms with van der Waals surface area (Å²) >= 11 is 0. The summed E-state index contributed by atoms with van der Waals surface area (Å²) in [4.78, 5) is 48.5. The van der Waals surface area contributed by atoms with Gasteiger partial charge in [0, 0.05) is 0 Å². The summed E-state index contributed by atoms with van der Waals surface area (Å²) in [5.74, 6) is -3.66. The number of methoxy groups -OCH3 is 3. The Labute approximate surface area is 131 Å². The van der Waals surface area contributed by atoms with E-state index in [0.717, 1.165) is 21.3 Å². The predicted octanol–water partition coefficient (Wildman–Crippen LogP) is 0.579. The quantitative estimate of drug-likeness (QED) is 0.586. The molecule has 0 spiro atoms. The van der Waals surface area contributed by atoms with Gasteiger partial charge in [-0.25, -0.2) is 19.2 Å². The first kappa shape index (κ1) is 16.5. The first-order valence-corrected chi connectivity index (χ1v) is 6.59. The molecule has 0 amide bonds. The van der Waals surface area contributed by atoms with Crippen LogP contribution >= 0.6 is 0 Å². The molecule has 0 N–H and O–H groups in total. The maximum atomic E-state index is 12.1. The third kappa shape index (κ3) is 2.43. The van der Waals surface area contributed by atoms with Gasteiger partial charge in [0.15, 0.2) is 0 Å². The molecule has 0 aromatic carbocycles. The lowest BCUT2D eigenvalue weighted by Gasteiger charge is -2.24. The normalized spacial score (nSPS) is 16.2. The zero-order chi connectivity index (χ0) is 17.3. The summed E-state index contributed by atoms with van der Waals surface area (Å²) in [6, 6.07) is -0.487. The molecule has 23 heavy (non-hydrogen) atoms. The number of hydrogen-bond donors (Lipinski definition) is 0. The molecule has 1 aromatic rings. The molecule has 1 aliphatic heterocycles. The van der Waals surface area contributed by atoms with Crippen molar-refractivity contribution in [3.8, 4) is 0 Å². The molecule has 9 nitrogen and oxygen atoms in total. The third-order valence-corrected chi connectivity index (χ3v) is 3.45. The monoisotopic (exact) mass is 325 g/mol. The number of carbonyl (C=O) groups excluding carboxylic acids is 4. The van der Waals surface area contributed by atoms with E-state index < -0.39 is 29.9 Å². The molecule has 0 bridgehead atoms. The Morgan fingerprint density at radius 1 is 1.00 bits per heavy atom. The van der Waals surface area contributed by atoms with Crippen molar-refractivity contribution in [2.24, 2.45) is 0 Å². The molecule has 0 fully saturated rings. The van der Waals surface area contributed by atoms with Crippen LogP contribution in [0.1, 0.15) is 54.7 Å². The van der Waals surface area contributed by atoms with Crippen molar-refractivity contribution in [3.63, 3.8) is 0 Å². The molecule has 0 aliphatic carbocycles. The van der Waals surface area contributed by atoms with Crippen LogP contribution in [-0.4, -0.2) is 56.4 Å². The molecular formula is C14H15NO8. The van der Waals surface area contributed by atoms with Gasteiger partial charge in [0.1, 0.15) is 29.1 Å². The highest BCUT2D eigenvalue weighted by molar-refractivity contribution is 6.15. The minimum absolute atomic E-state index is 0.0221.